The molecule has 1 aromatic heterocycles. The number of hydrogen-bond acceptors (Lipinski definition) is 4. The van der Waals surface area contributed by atoms with Crippen molar-refractivity contribution in [3.05, 3.63) is 93.8 Å². The maximum Gasteiger partial charge on any atom is 0.175 e. The van der Waals surface area contributed by atoms with E-state index in [9.17, 15) is 13.2 Å². The van der Waals surface area contributed by atoms with Gasteiger partial charge >= 0.3 is 0 Å². The van der Waals surface area contributed by atoms with Crippen LogP contribution in [0.4, 0.5) is 0 Å². The molecule has 0 saturated heterocycles. The summed E-state index contributed by atoms with van der Waals surface area (Å²) in [6.45, 7) is 5.34. The molecule has 0 N–H and O–H groups in total. The fourth-order valence-corrected chi connectivity index (χ4v) is 4.71. The third-order valence-electron chi connectivity index (χ3n) is 5.17. The maximum atomic E-state index is 13.3. The van der Waals surface area contributed by atoms with E-state index in [0.717, 1.165) is 28.6 Å². The molecule has 4 nitrogen and oxygen atoms in total. The van der Waals surface area contributed by atoms with Crippen LogP contribution in [0.2, 0.25) is 5.02 Å². The quantitative estimate of drug-likeness (QED) is 0.593. The summed E-state index contributed by atoms with van der Waals surface area (Å²) in [6, 6.07) is 15.7. The minimum absolute atomic E-state index is 0.0828. The SMILES string of the molecule is CC(=O)[C@](c1ccc(S(C)(=O)=O)cc1)(c1ccnc(C)c1)c1ccc(Cl)cc1C. The van der Waals surface area contributed by atoms with Crippen LogP contribution in [0.25, 0.3) is 0 Å². The first-order valence-corrected chi connectivity index (χ1v) is 11.3. The Morgan fingerprint density at radius 3 is 2.14 bits per heavy atom. The van der Waals surface area contributed by atoms with Gasteiger partial charge in [0, 0.05) is 23.2 Å². The summed E-state index contributed by atoms with van der Waals surface area (Å²) in [5.74, 6) is -0.0828. The molecule has 0 aliphatic carbocycles. The zero-order valence-corrected chi connectivity index (χ0v) is 18.3. The molecule has 0 aliphatic rings. The van der Waals surface area contributed by atoms with E-state index < -0.39 is 15.3 Å². The number of aromatic nitrogens is 1. The number of hydrogen-bond donors (Lipinski definition) is 0. The van der Waals surface area contributed by atoms with Gasteiger partial charge in [-0.05, 0) is 79.4 Å². The van der Waals surface area contributed by atoms with E-state index in [1.807, 2.05) is 38.1 Å². The lowest BCUT2D eigenvalue weighted by Gasteiger charge is -2.35. The Morgan fingerprint density at radius 2 is 1.62 bits per heavy atom. The minimum Gasteiger partial charge on any atom is -0.298 e. The monoisotopic (exact) mass is 427 g/mol. The molecule has 1 heterocycles. The Labute approximate surface area is 176 Å². The number of halogens is 1. The lowest BCUT2D eigenvalue weighted by molar-refractivity contribution is -0.119. The average molecular weight is 428 g/mol. The third-order valence-corrected chi connectivity index (χ3v) is 6.53. The second-order valence-corrected chi connectivity index (χ2v) is 9.70. The van der Waals surface area contributed by atoms with E-state index in [2.05, 4.69) is 4.98 Å². The van der Waals surface area contributed by atoms with Crippen molar-refractivity contribution in [2.24, 2.45) is 0 Å². The normalized spacial score (nSPS) is 13.7. The number of benzene rings is 2. The highest BCUT2D eigenvalue weighted by molar-refractivity contribution is 7.90. The zero-order chi connectivity index (χ0) is 21.4. The van der Waals surface area contributed by atoms with Crippen LogP contribution in [0.3, 0.4) is 0 Å². The zero-order valence-electron chi connectivity index (χ0n) is 16.7. The molecular weight excluding hydrogens is 406 g/mol. The fraction of sp³-hybridized carbons (Fsp3) is 0.217. The first-order chi connectivity index (χ1) is 13.6. The number of nitrogens with zero attached hydrogens (tertiary/aromatic N) is 1. The fourth-order valence-electron chi connectivity index (χ4n) is 3.85. The number of carbonyl (C=O) groups excluding carboxylic acids is 1. The van der Waals surface area contributed by atoms with Gasteiger partial charge in [-0.2, -0.15) is 0 Å². The van der Waals surface area contributed by atoms with Gasteiger partial charge in [-0.1, -0.05) is 29.8 Å². The van der Waals surface area contributed by atoms with Crippen molar-refractivity contribution in [3.63, 3.8) is 0 Å². The average Bonchev–Trinajstić information content (AvgIpc) is 2.63. The van der Waals surface area contributed by atoms with E-state index >= 15 is 0 Å². The molecule has 0 aliphatic heterocycles. The highest BCUT2D eigenvalue weighted by Crippen LogP contribution is 2.42. The predicted octanol–water partition coefficient (Wildman–Crippen LogP) is 4.68. The molecule has 0 saturated carbocycles. The lowest BCUT2D eigenvalue weighted by Crippen LogP contribution is -2.38. The number of rotatable bonds is 5. The van der Waals surface area contributed by atoms with Gasteiger partial charge in [0.15, 0.2) is 9.84 Å². The van der Waals surface area contributed by atoms with Crippen LogP contribution in [0, 0.1) is 13.8 Å². The van der Waals surface area contributed by atoms with Gasteiger partial charge in [-0.25, -0.2) is 8.42 Å². The molecule has 6 heteroatoms. The van der Waals surface area contributed by atoms with Crippen LogP contribution in [0.15, 0.2) is 65.7 Å². The van der Waals surface area contributed by atoms with E-state index in [4.69, 9.17) is 11.6 Å². The van der Waals surface area contributed by atoms with E-state index in [1.165, 1.54) is 0 Å². The summed E-state index contributed by atoms with van der Waals surface area (Å²) in [6.07, 6.45) is 2.84. The molecule has 0 unspecified atom stereocenters. The molecule has 29 heavy (non-hydrogen) atoms. The minimum atomic E-state index is -3.35. The Kier molecular flexibility index (Phi) is 5.65. The topological polar surface area (TPSA) is 64.1 Å². The van der Waals surface area contributed by atoms with Crippen molar-refractivity contribution in [2.75, 3.05) is 6.26 Å². The summed E-state index contributed by atoms with van der Waals surface area (Å²) in [5.41, 5.74) is 2.80. The van der Waals surface area contributed by atoms with Crippen LogP contribution in [-0.2, 0) is 20.0 Å². The molecule has 3 aromatic rings. The first kappa shape index (κ1) is 21.2. The van der Waals surface area contributed by atoms with Crippen molar-refractivity contribution in [3.8, 4) is 0 Å². The highest BCUT2D eigenvalue weighted by atomic mass is 35.5. The van der Waals surface area contributed by atoms with Gasteiger partial charge in [-0.15, -0.1) is 0 Å². The molecule has 2 aromatic carbocycles. The number of sulfone groups is 1. The number of ketones is 1. The van der Waals surface area contributed by atoms with Gasteiger partial charge in [0.1, 0.15) is 11.2 Å². The second-order valence-electron chi connectivity index (χ2n) is 7.25. The number of carbonyl (C=O) groups is 1. The van der Waals surface area contributed by atoms with Crippen molar-refractivity contribution >= 4 is 27.2 Å². The first-order valence-electron chi connectivity index (χ1n) is 9.08. The Balaban J connectivity index is 2.41. The molecular formula is C23H22ClNO3S. The van der Waals surface area contributed by atoms with E-state index in [-0.39, 0.29) is 10.7 Å². The summed E-state index contributed by atoms with van der Waals surface area (Å²) in [5, 5.41) is 0.585. The highest BCUT2D eigenvalue weighted by Gasteiger charge is 2.42. The van der Waals surface area contributed by atoms with Crippen LogP contribution < -0.4 is 0 Å². The van der Waals surface area contributed by atoms with Crippen LogP contribution in [0.1, 0.15) is 34.9 Å². The molecule has 0 fully saturated rings. The van der Waals surface area contributed by atoms with Gasteiger partial charge in [-0.3, -0.25) is 9.78 Å². The van der Waals surface area contributed by atoms with Crippen molar-refractivity contribution in [1.29, 1.82) is 0 Å². The smallest absolute Gasteiger partial charge is 0.175 e. The molecule has 0 amide bonds. The molecule has 0 spiro atoms. The molecule has 3 rings (SSSR count). The Hall–Kier alpha value is -2.50. The summed E-state index contributed by atoms with van der Waals surface area (Å²) >= 11 is 6.17. The summed E-state index contributed by atoms with van der Waals surface area (Å²) in [7, 11) is -3.35. The van der Waals surface area contributed by atoms with Crippen LogP contribution >= 0.6 is 11.6 Å². The molecule has 0 bridgehead atoms. The molecule has 1 atom stereocenters. The van der Waals surface area contributed by atoms with Gasteiger partial charge < -0.3 is 0 Å². The van der Waals surface area contributed by atoms with E-state index in [0.29, 0.717) is 10.6 Å². The number of pyridine rings is 1. The van der Waals surface area contributed by atoms with Crippen molar-refractivity contribution in [1.82, 2.24) is 4.98 Å². The molecule has 0 radical (unpaired) electrons. The molecule has 150 valence electrons. The maximum absolute atomic E-state index is 13.3. The Bertz CT molecular complexity index is 1190. The standard InChI is InChI=1S/C23H22ClNO3S/c1-15-13-20(24)7-10-22(15)23(17(3)26,19-11-12-25-16(2)14-19)18-5-8-21(9-6-18)29(4,27)28/h5-14H,1-4H3/t23-/m0/s1. The van der Waals surface area contributed by atoms with Crippen LogP contribution in [0.5, 0.6) is 0 Å². The van der Waals surface area contributed by atoms with Gasteiger partial charge in [0.05, 0.1) is 4.90 Å². The van der Waals surface area contributed by atoms with Crippen molar-refractivity contribution in [2.45, 2.75) is 31.1 Å². The predicted molar refractivity (Wildman–Crippen MR) is 115 cm³/mol. The van der Waals surface area contributed by atoms with Crippen LogP contribution in [-0.4, -0.2) is 25.4 Å². The third kappa shape index (κ3) is 3.85. The second kappa shape index (κ2) is 7.73. The number of aryl methyl sites for hydroxylation is 2. The van der Waals surface area contributed by atoms with Gasteiger partial charge in [0.25, 0.3) is 0 Å². The van der Waals surface area contributed by atoms with E-state index in [1.54, 1.807) is 43.5 Å². The Morgan fingerprint density at radius 1 is 0.966 bits per heavy atom. The number of Topliss-reactive ketones (excluding diaryl/α,β-unsaturated/α-hetero) is 1. The summed E-state index contributed by atoms with van der Waals surface area (Å²) < 4.78 is 23.8. The largest absolute Gasteiger partial charge is 0.298 e. The van der Waals surface area contributed by atoms with Gasteiger partial charge in [0.2, 0.25) is 0 Å². The summed E-state index contributed by atoms with van der Waals surface area (Å²) in [4.78, 5) is 17.8. The lowest BCUT2D eigenvalue weighted by atomic mass is 9.66. The van der Waals surface area contributed by atoms with Crippen molar-refractivity contribution < 1.29 is 13.2 Å².